The van der Waals surface area contributed by atoms with Crippen molar-refractivity contribution in [2.24, 2.45) is 0 Å². The predicted octanol–water partition coefficient (Wildman–Crippen LogP) is 1.95. The van der Waals surface area contributed by atoms with Crippen molar-refractivity contribution in [3.8, 4) is 0 Å². The highest BCUT2D eigenvalue weighted by Gasteiger charge is 2.28. The van der Waals surface area contributed by atoms with Crippen LogP contribution in [-0.4, -0.2) is 31.2 Å². The highest BCUT2D eigenvalue weighted by atomic mass is 79.9. The maximum absolute atomic E-state index is 13.0. The molecule has 2 atom stereocenters. The number of hydrogen-bond donors (Lipinski definition) is 2. The maximum Gasteiger partial charge on any atom is 0.237 e. The van der Waals surface area contributed by atoms with Crippen molar-refractivity contribution in [1.82, 2.24) is 10.6 Å². The van der Waals surface area contributed by atoms with Gasteiger partial charge < -0.3 is 10.6 Å². The summed E-state index contributed by atoms with van der Waals surface area (Å²) in [6.45, 7) is 0.690. The minimum absolute atomic E-state index is 0.179. The molecule has 6 heteroatoms. The first-order valence-corrected chi connectivity index (χ1v) is 6.94. The molecule has 1 aliphatic rings. The first-order valence-electron chi connectivity index (χ1n) is 6.15. The Morgan fingerprint density at radius 3 is 2.95 bits per heavy atom. The van der Waals surface area contributed by atoms with Gasteiger partial charge in [-0.25, -0.2) is 8.78 Å². The van der Waals surface area contributed by atoms with Gasteiger partial charge in [0.15, 0.2) is 0 Å². The Morgan fingerprint density at radius 2 is 2.32 bits per heavy atom. The first kappa shape index (κ1) is 14.4. The van der Waals surface area contributed by atoms with Gasteiger partial charge in [-0.3, -0.25) is 4.79 Å². The fourth-order valence-electron chi connectivity index (χ4n) is 2.04. The molecular formula is C13H15BrF2N2O. The Kier molecular flexibility index (Phi) is 4.87. The van der Waals surface area contributed by atoms with E-state index in [1.165, 1.54) is 6.07 Å². The van der Waals surface area contributed by atoms with Gasteiger partial charge in [-0.1, -0.05) is 6.07 Å². The molecule has 0 aliphatic carbocycles. The number of benzene rings is 1. The van der Waals surface area contributed by atoms with Crippen LogP contribution in [-0.2, 0) is 11.2 Å². The highest BCUT2D eigenvalue weighted by molar-refractivity contribution is 9.10. The second-order valence-electron chi connectivity index (χ2n) is 4.58. The third-order valence-electron chi connectivity index (χ3n) is 3.09. The van der Waals surface area contributed by atoms with E-state index in [1.54, 1.807) is 12.1 Å². The zero-order valence-electron chi connectivity index (χ0n) is 10.3. The van der Waals surface area contributed by atoms with E-state index in [0.29, 0.717) is 17.4 Å². The van der Waals surface area contributed by atoms with Crippen molar-refractivity contribution in [3.63, 3.8) is 0 Å². The molecule has 1 aromatic carbocycles. The van der Waals surface area contributed by atoms with Crippen LogP contribution in [0.15, 0.2) is 22.7 Å². The third-order valence-corrected chi connectivity index (χ3v) is 3.70. The van der Waals surface area contributed by atoms with Gasteiger partial charge in [0.1, 0.15) is 12.0 Å². The number of hydrogen-bond acceptors (Lipinski definition) is 2. The van der Waals surface area contributed by atoms with Crippen LogP contribution in [0.25, 0.3) is 0 Å². The lowest BCUT2D eigenvalue weighted by Gasteiger charge is -2.11. The summed E-state index contributed by atoms with van der Waals surface area (Å²) in [5.74, 6) is -0.488. The molecule has 1 aliphatic heterocycles. The zero-order valence-corrected chi connectivity index (χ0v) is 11.8. The van der Waals surface area contributed by atoms with E-state index in [0.717, 1.165) is 5.56 Å². The number of nitrogens with one attached hydrogen (secondary N) is 2. The maximum atomic E-state index is 13.0. The van der Waals surface area contributed by atoms with Gasteiger partial charge in [0.25, 0.3) is 0 Å². The molecule has 1 amide bonds. The summed E-state index contributed by atoms with van der Waals surface area (Å²) in [5.41, 5.74) is 0.927. The summed E-state index contributed by atoms with van der Waals surface area (Å²) < 4.78 is 26.4. The quantitative estimate of drug-likeness (QED) is 0.884. The molecule has 0 spiro atoms. The third kappa shape index (κ3) is 3.98. The molecule has 2 rings (SSSR count). The molecule has 104 valence electrons. The highest BCUT2D eigenvalue weighted by Crippen LogP contribution is 2.17. The summed E-state index contributed by atoms with van der Waals surface area (Å²) in [6, 6.07) is 4.31. The summed E-state index contributed by atoms with van der Waals surface area (Å²) in [4.78, 5) is 11.7. The Bertz CT molecular complexity index is 470. The van der Waals surface area contributed by atoms with Crippen LogP contribution in [0.1, 0.15) is 12.0 Å². The second kappa shape index (κ2) is 6.43. The van der Waals surface area contributed by atoms with E-state index in [2.05, 4.69) is 26.6 Å². The lowest BCUT2D eigenvalue weighted by molar-refractivity contribution is -0.122. The standard InChI is InChI=1S/C13H15BrF2N2O/c14-10-5-8(1-2-11(10)16)3-4-17-13(19)12-6-9(15)7-18-12/h1-2,5,9,12,18H,3-4,6-7H2,(H,17,19)/t9-,12+/m0/s1. The van der Waals surface area contributed by atoms with Crippen LogP contribution in [0.3, 0.4) is 0 Å². The Morgan fingerprint density at radius 1 is 1.53 bits per heavy atom. The topological polar surface area (TPSA) is 41.1 Å². The van der Waals surface area contributed by atoms with Gasteiger partial charge in [-0.2, -0.15) is 0 Å². The van der Waals surface area contributed by atoms with Crippen LogP contribution in [0, 0.1) is 5.82 Å². The van der Waals surface area contributed by atoms with E-state index < -0.39 is 12.2 Å². The lowest BCUT2D eigenvalue weighted by atomic mass is 10.1. The van der Waals surface area contributed by atoms with Gasteiger partial charge in [0.2, 0.25) is 5.91 Å². The van der Waals surface area contributed by atoms with Crippen molar-refractivity contribution in [3.05, 3.63) is 34.1 Å². The number of carbonyl (C=O) groups excluding carboxylic acids is 1. The van der Waals surface area contributed by atoms with E-state index in [9.17, 15) is 13.6 Å². The first-order chi connectivity index (χ1) is 9.06. The second-order valence-corrected chi connectivity index (χ2v) is 5.44. The molecule has 19 heavy (non-hydrogen) atoms. The average Bonchev–Trinajstić information content (AvgIpc) is 2.80. The van der Waals surface area contributed by atoms with Gasteiger partial charge in [-0.15, -0.1) is 0 Å². The molecule has 0 saturated carbocycles. The van der Waals surface area contributed by atoms with Crippen molar-refractivity contribution in [1.29, 1.82) is 0 Å². The summed E-state index contributed by atoms with van der Waals surface area (Å²) in [6.07, 6.45) is -0.103. The molecule has 1 aromatic rings. The Labute approximate surface area is 118 Å². The van der Waals surface area contributed by atoms with E-state index in [4.69, 9.17) is 0 Å². The number of carbonyl (C=O) groups is 1. The van der Waals surface area contributed by atoms with Crippen molar-refractivity contribution in [2.75, 3.05) is 13.1 Å². The van der Waals surface area contributed by atoms with Crippen molar-refractivity contribution in [2.45, 2.75) is 25.1 Å². The zero-order chi connectivity index (χ0) is 13.8. The normalized spacial score (nSPS) is 22.5. The molecule has 3 nitrogen and oxygen atoms in total. The molecule has 0 bridgehead atoms. The monoisotopic (exact) mass is 332 g/mol. The van der Waals surface area contributed by atoms with E-state index in [1.807, 2.05) is 0 Å². The summed E-state index contributed by atoms with van der Waals surface area (Å²) >= 11 is 3.11. The molecule has 1 heterocycles. The van der Waals surface area contributed by atoms with Gasteiger partial charge in [-0.05, 0) is 40.0 Å². The number of halogens is 3. The van der Waals surface area contributed by atoms with E-state index >= 15 is 0 Å². The minimum atomic E-state index is -0.941. The van der Waals surface area contributed by atoms with Crippen LogP contribution in [0.4, 0.5) is 8.78 Å². The predicted molar refractivity (Wildman–Crippen MR) is 72.1 cm³/mol. The van der Waals surface area contributed by atoms with Crippen LogP contribution in [0.5, 0.6) is 0 Å². The van der Waals surface area contributed by atoms with Crippen LogP contribution in [0.2, 0.25) is 0 Å². The molecule has 0 unspecified atom stereocenters. The Balaban J connectivity index is 1.77. The van der Waals surface area contributed by atoms with Crippen molar-refractivity contribution < 1.29 is 13.6 Å². The number of rotatable bonds is 4. The molecule has 1 saturated heterocycles. The molecule has 2 N–H and O–H groups in total. The lowest BCUT2D eigenvalue weighted by Crippen LogP contribution is -2.41. The smallest absolute Gasteiger partial charge is 0.237 e. The van der Waals surface area contributed by atoms with E-state index in [-0.39, 0.29) is 24.7 Å². The number of alkyl halides is 1. The summed E-state index contributed by atoms with van der Waals surface area (Å²) in [7, 11) is 0. The molecule has 0 radical (unpaired) electrons. The van der Waals surface area contributed by atoms with Gasteiger partial charge in [0.05, 0.1) is 10.5 Å². The van der Waals surface area contributed by atoms with Crippen LogP contribution >= 0.6 is 15.9 Å². The molecule has 0 aromatic heterocycles. The largest absolute Gasteiger partial charge is 0.354 e. The summed E-state index contributed by atoms with van der Waals surface area (Å²) in [5, 5.41) is 5.58. The Hall–Kier alpha value is -1.01. The molecular weight excluding hydrogens is 318 g/mol. The fourth-order valence-corrected chi connectivity index (χ4v) is 2.47. The average molecular weight is 333 g/mol. The minimum Gasteiger partial charge on any atom is -0.354 e. The van der Waals surface area contributed by atoms with Crippen molar-refractivity contribution >= 4 is 21.8 Å². The van der Waals surface area contributed by atoms with Gasteiger partial charge >= 0.3 is 0 Å². The number of amides is 1. The van der Waals surface area contributed by atoms with Crippen LogP contribution < -0.4 is 10.6 Å². The fraction of sp³-hybridized carbons (Fsp3) is 0.462. The molecule has 1 fully saturated rings. The van der Waals surface area contributed by atoms with Gasteiger partial charge in [0, 0.05) is 19.5 Å². The SMILES string of the molecule is O=C(NCCc1ccc(F)c(Br)c1)[C@H]1C[C@H](F)CN1.